The molecule has 2 fully saturated rings. The molecule has 3 heterocycles. The van der Waals surface area contributed by atoms with Crippen molar-refractivity contribution in [3.63, 3.8) is 0 Å². The minimum Gasteiger partial charge on any atom is -0.391 e. The summed E-state index contributed by atoms with van der Waals surface area (Å²) in [4.78, 5) is 34.4. The first-order valence-electron chi connectivity index (χ1n) is 7.81. The Balaban J connectivity index is 1.63. The van der Waals surface area contributed by atoms with Gasteiger partial charge >= 0.3 is 0 Å². The molecule has 2 aliphatic rings. The number of aromatic nitrogens is 2. The molecule has 2 saturated heterocycles. The van der Waals surface area contributed by atoms with E-state index in [-0.39, 0.29) is 12.5 Å². The topological polar surface area (TPSA) is 107 Å². The van der Waals surface area contributed by atoms with E-state index in [2.05, 4.69) is 20.6 Å². The smallest absolute Gasteiger partial charge is 0.245 e. The van der Waals surface area contributed by atoms with Gasteiger partial charge < -0.3 is 20.6 Å². The zero-order valence-corrected chi connectivity index (χ0v) is 13.0. The molecular weight excluding hydrogens is 298 g/mol. The predicted molar refractivity (Wildman–Crippen MR) is 81.0 cm³/mol. The van der Waals surface area contributed by atoms with Gasteiger partial charge in [0.2, 0.25) is 11.8 Å². The highest BCUT2D eigenvalue weighted by Gasteiger charge is 2.57. The third-order valence-corrected chi connectivity index (χ3v) is 4.46. The maximum absolute atomic E-state index is 12.5. The van der Waals surface area contributed by atoms with Crippen molar-refractivity contribution >= 4 is 11.8 Å². The van der Waals surface area contributed by atoms with Gasteiger partial charge in [-0.15, -0.1) is 0 Å². The van der Waals surface area contributed by atoms with Crippen LogP contribution in [0.15, 0.2) is 18.5 Å². The fraction of sp³-hybridized carbons (Fsp3) is 0.600. The summed E-state index contributed by atoms with van der Waals surface area (Å²) < 4.78 is 0. The molecule has 2 amide bonds. The Morgan fingerprint density at radius 1 is 1.52 bits per heavy atom. The Bertz CT molecular complexity index is 586. The van der Waals surface area contributed by atoms with Crippen LogP contribution in [0, 0.1) is 0 Å². The van der Waals surface area contributed by atoms with Crippen LogP contribution in [0.4, 0.5) is 0 Å². The van der Waals surface area contributed by atoms with Crippen molar-refractivity contribution in [2.75, 3.05) is 13.1 Å². The van der Waals surface area contributed by atoms with Gasteiger partial charge in [0.1, 0.15) is 17.4 Å². The van der Waals surface area contributed by atoms with Gasteiger partial charge in [-0.05, 0) is 32.4 Å². The molecule has 3 atom stereocenters. The van der Waals surface area contributed by atoms with E-state index < -0.39 is 23.6 Å². The molecule has 2 aliphatic heterocycles. The van der Waals surface area contributed by atoms with Crippen molar-refractivity contribution in [2.24, 2.45) is 0 Å². The lowest BCUT2D eigenvalue weighted by molar-refractivity contribution is -0.164. The fourth-order valence-electron chi connectivity index (χ4n) is 3.28. The van der Waals surface area contributed by atoms with Gasteiger partial charge in [0.05, 0.1) is 12.6 Å². The SMILES string of the molecule is C[C@@H](O)C(C(=O)NCc1ncccn1)N1CC2(CCCN2)C1=O. The van der Waals surface area contributed by atoms with Crippen molar-refractivity contribution in [3.8, 4) is 0 Å². The molecule has 0 aromatic carbocycles. The van der Waals surface area contributed by atoms with Crippen molar-refractivity contribution < 1.29 is 14.7 Å². The number of nitrogens with zero attached hydrogens (tertiary/aromatic N) is 3. The van der Waals surface area contributed by atoms with Crippen LogP contribution in [-0.2, 0) is 16.1 Å². The van der Waals surface area contributed by atoms with Crippen LogP contribution in [0.5, 0.6) is 0 Å². The number of aliphatic hydroxyl groups is 1. The normalized spacial score (nSPS) is 26.0. The molecule has 1 aromatic heterocycles. The molecule has 8 heteroatoms. The van der Waals surface area contributed by atoms with Crippen molar-refractivity contribution in [2.45, 2.75) is 44.0 Å². The standard InChI is InChI=1S/C15H21N5O3/c1-10(21)12(13(22)18-8-11-16-5-3-6-17-11)20-9-15(14(20)23)4-2-7-19-15/h3,5-6,10,12,19,21H,2,4,7-9H2,1H3,(H,18,22)/t10-,12?,15?/m1/s1. The quantitative estimate of drug-likeness (QED) is 0.589. The van der Waals surface area contributed by atoms with Crippen LogP contribution >= 0.6 is 0 Å². The van der Waals surface area contributed by atoms with Crippen molar-refractivity contribution in [1.82, 2.24) is 25.5 Å². The summed E-state index contributed by atoms with van der Waals surface area (Å²) in [6.45, 7) is 2.95. The lowest BCUT2D eigenvalue weighted by Gasteiger charge is -2.50. The average molecular weight is 319 g/mol. The summed E-state index contributed by atoms with van der Waals surface area (Å²) in [5.74, 6) is -0.0188. The van der Waals surface area contributed by atoms with E-state index >= 15 is 0 Å². The van der Waals surface area contributed by atoms with Gasteiger partial charge in [0.25, 0.3) is 0 Å². The van der Waals surface area contributed by atoms with Crippen LogP contribution in [0.25, 0.3) is 0 Å². The number of rotatable bonds is 5. The van der Waals surface area contributed by atoms with Gasteiger partial charge in [-0.25, -0.2) is 9.97 Å². The third kappa shape index (κ3) is 2.91. The Labute approximate surface area is 134 Å². The Kier molecular flexibility index (Phi) is 4.27. The molecule has 2 unspecified atom stereocenters. The summed E-state index contributed by atoms with van der Waals surface area (Å²) in [7, 11) is 0. The monoisotopic (exact) mass is 319 g/mol. The predicted octanol–water partition coefficient (Wildman–Crippen LogP) is -1.19. The van der Waals surface area contributed by atoms with Crippen LogP contribution in [-0.4, -0.2) is 62.6 Å². The molecule has 8 nitrogen and oxygen atoms in total. The van der Waals surface area contributed by atoms with Crippen LogP contribution in [0.2, 0.25) is 0 Å². The van der Waals surface area contributed by atoms with Crippen molar-refractivity contribution in [3.05, 3.63) is 24.3 Å². The highest BCUT2D eigenvalue weighted by molar-refractivity contribution is 5.97. The number of carbonyl (C=O) groups is 2. The van der Waals surface area contributed by atoms with E-state index in [0.29, 0.717) is 12.4 Å². The molecule has 124 valence electrons. The fourth-order valence-corrected chi connectivity index (χ4v) is 3.28. The lowest BCUT2D eigenvalue weighted by Crippen LogP contribution is -2.76. The summed E-state index contributed by atoms with van der Waals surface area (Å²) in [6.07, 6.45) is 3.98. The molecule has 0 aliphatic carbocycles. The van der Waals surface area contributed by atoms with E-state index in [1.54, 1.807) is 18.5 Å². The second kappa shape index (κ2) is 6.21. The van der Waals surface area contributed by atoms with Gasteiger partial charge in [0, 0.05) is 18.9 Å². The van der Waals surface area contributed by atoms with Crippen LogP contribution in [0.3, 0.4) is 0 Å². The van der Waals surface area contributed by atoms with Gasteiger partial charge in [-0.2, -0.15) is 0 Å². The molecule has 1 aromatic rings. The first kappa shape index (κ1) is 15.8. The number of carbonyl (C=O) groups excluding carboxylic acids is 2. The average Bonchev–Trinajstić information content (AvgIpc) is 3.04. The zero-order chi connectivity index (χ0) is 16.4. The molecule has 1 spiro atoms. The Morgan fingerprint density at radius 3 is 2.83 bits per heavy atom. The van der Waals surface area contributed by atoms with E-state index in [9.17, 15) is 14.7 Å². The first-order chi connectivity index (χ1) is 11.0. The molecule has 23 heavy (non-hydrogen) atoms. The number of likely N-dealkylation sites (tertiary alicyclic amines) is 1. The van der Waals surface area contributed by atoms with E-state index in [1.165, 1.54) is 11.8 Å². The van der Waals surface area contributed by atoms with Crippen LogP contribution < -0.4 is 10.6 Å². The first-order valence-corrected chi connectivity index (χ1v) is 7.81. The maximum Gasteiger partial charge on any atom is 0.245 e. The molecule has 3 rings (SSSR count). The highest BCUT2D eigenvalue weighted by Crippen LogP contribution is 2.33. The summed E-state index contributed by atoms with van der Waals surface area (Å²) in [6, 6.07) is 0.802. The Hall–Kier alpha value is -2.06. The number of hydrogen-bond acceptors (Lipinski definition) is 6. The lowest BCUT2D eigenvalue weighted by atomic mass is 9.84. The number of nitrogens with one attached hydrogen (secondary N) is 2. The second-order valence-electron chi connectivity index (χ2n) is 6.11. The third-order valence-electron chi connectivity index (χ3n) is 4.46. The zero-order valence-electron chi connectivity index (χ0n) is 13.0. The van der Waals surface area contributed by atoms with Gasteiger partial charge in [0.15, 0.2) is 0 Å². The number of hydrogen-bond donors (Lipinski definition) is 3. The highest BCUT2D eigenvalue weighted by atomic mass is 16.3. The number of amides is 2. The van der Waals surface area contributed by atoms with E-state index in [1.807, 2.05) is 0 Å². The summed E-state index contributed by atoms with van der Waals surface area (Å²) >= 11 is 0. The molecule has 0 saturated carbocycles. The molecule has 0 bridgehead atoms. The Morgan fingerprint density at radius 2 is 2.26 bits per heavy atom. The molecular formula is C15H21N5O3. The van der Waals surface area contributed by atoms with E-state index in [0.717, 1.165) is 19.4 Å². The number of aliphatic hydroxyl groups excluding tert-OH is 1. The largest absolute Gasteiger partial charge is 0.391 e. The minimum atomic E-state index is -0.950. The van der Waals surface area contributed by atoms with E-state index in [4.69, 9.17) is 0 Å². The molecule has 0 radical (unpaired) electrons. The van der Waals surface area contributed by atoms with Gasteiger partial charge in [-0.1, -0.05) is 0 Å². The van der Waals surface area contributed by atoms with Gasteiger partial charge in [-0.3, -0.25) is 9.59 Å². The maximum atomic E-state index is 12.5. The van der Waals surface area contributed by atoms with Crippen LogP contribution in [0.1, 0.15) is 25.6 Å². The second-order valence-corrected chi connectivity index (χ2v) is 6.11. The summed E-state index contributed by atoms with van der Waals surface area (Å²) in [5, 5.41) is 15.9. The minimum absolute atomic E-state index is 0.105. The van der Waals surface area contributed by atoms with Crippen molar-refractivity contribution in [1.29, 1.82) is 0 Å². The molecule has 3 N–H and O–H groups in total. The number of β-lactam (4-membered cyclic amide) rings is 1. The summed E-state index contributed by atoms with van der Waals surface area (Å²) in [5.41, 5.74) is -0.518.